The molecule has 3 rings (SSSR count). The van der Waals surface area contributed by atoms with Crippen molar-refractivity contribution in [3.8, 4) is 0 Å². The predicted molar refractivity (Wildman–Crippen MR) is 70.4 cm³/mol. The second-order valence-corrected chi connectivity index (χ2v) is 4.58. The molecule has 0 N–H and O–H groups in total. The maximum absolute atomic E-state index is 2.40. The predicted octanol–water partition coefficient (Wildman–Crippen LogP) is 4.80. The molecular weight excluding hydrogens is 192 g/mol. The molecule has 2 aromatic carbocycles. The van der Waals surface area contributed by atoms with Crippen molar-refractivity contribution in [3.63, 3.8) is 0 Å². The summed E-state index contributed by atoms with van der Waals surface area (Å²) in [7, 11) is 0. The number of rotatable bonds is 1. The fraction of sp³-hybridized carbons (Fsp3) is 0.250. The van der Waals surface area contributed by atoms with Gasteiger partial charge in [0.05, 0.1) is 0 Å². The van der Waals surface area contributed by atoms with Crippen molar-refractivity contribution in [3.05, 3.63) is 53.6 Å². The summed E-state index contributed by atoms with van der Waals surface area (Å²) in [5.41, 5.74) is 3.01. The molecule has 2 aromatic rings. The minimum atomic E-state index is 1.29. The van der Waals surface area contributed by atoms with Gasteiger partial charge < -0.3 is 0 Å². The SMILES string of the molecule is C(=C1CCCC1)c1cccc2ccccc12. The summed E-state index contributed by atoms with van der Waals surface area (Å²) in [5.74, 6) is 0. The molecule has 0 saturated heterocycles. The fourth-order valence-corrected chi connectivity index (χ4v) is 2.57. The van der Waals surface area contributed by atoms with Crippen molar-refractivity contribution < 1.29 is 0 Å². The van der Waals surface area contributed by atoms with Crippen LogP contribution in [0.3, 0.4) is 0 Å². The zero-order valence-electron chi connectivity index (χ0n) is 9.45. The Kier molecular flexibility index (Phi) is 2.49. The van der Waals surface area contributed by atoms with Crippen LogP contribution >= 0.6 is 0 Å². The molecule has 0 radical (unpaired) electrons. The van der Waals surface area contributed by atoms with E-state index in [1.54, 1.807) is 5.57 Å². The first-order valence-electron chi connectivity index (χ1n) is 6.11. The number of allylic oxidation sites excluding steroid dienone is 1. The van der Waals surface area contributed by atoms with Gasteiger partial charge in [0.1, 0.15) is 0 Å². The van der Waals surface area contributed by atoms with E-state index >= 15 is 0 Å². The van der Waals surface area contributed by atoms with Gasteiger partial charge in [-0.3, -0.25) is 0 Å². The Hall–Kier alpha value is -1.56. The van der Waals surface area contributed by atoms with Crippen LogP contribution in [0.2, 0.25) is 0 Å². The summed E-state index contributed by atoms with van der Waals surface area (Å²) >= 11 is 0. The van der Waals surface area contributed by atoms with Crippen LogP contribution in [0.5, 0.6) is 0 Å². The first-order chi connectivity index (χ1) is 7.93. The highest BCUT2D eigenvalue weighted by atomic mass is 14.1. The third-order valence-corrected chi connectivity index (χ3v) is 3.43. The first kappa shape index (κ1) is 9.65. The van der Waals surface area contributed by atoms with E-state index < -0.39 is 0 Å². The Morgan fingerprint density at radius 2 is 1.56 bits per heavy atom. The second kappa shape index (κ2) is 4.13. The molecule has 0 aliphatic heterocycles. The zero-order valence-corrected chi connectivity index (χ0v) is 9.45. The van der Waals surface area contributed by atoms with Crippen LogP contribution in [0, 0.1) is 0 Å². The van der Waals surface area contributed by atoms with E-state index in [9.17, 15) is 0 Å². The fourth-order valence-electron chi connectivity index (χ4n) is 2.57. The van der Waals surface area contributed by atoms with Crippen LogP contribution in [0.4, 0.5) is 0 Å². The van der Waals surface area contributed by atoms with Gasteiger partial charge in [0.25, 0.3) is 0 Å². The van der Waals surface area contributed by atoms with Gasteiger partial charge in [-0.1, -0.05) is 54.1 Å². The van der Waals surface area contributed by atoms with Crippen molar-refractivity contribution in [2.45, 2.75) is 25.7 Å². The van der Waals surface area contributed by atoms with E-state index in [1.807, 2.05) is 0 Å². The molecular formula is C16H16. The van der Waals surface area contributed by atoms with Gasteiger partial charge in [-0.15, -0.1) is 0 Å². The highest BCUT2D eigenvalue weighted by Gasteiger charge is 2.07. The average Bonchev–Trinajstić information content (AvgIpc) is 2.82. The quantitative estimate of drug-likeness (QED) is 0.631. The Balaban J connectivity index is 2.12. The van der Waals surface area contributed by atoms with Crippen LogP contribution in [0.1, 0.15) is 31.2 Å². The van der Waals surface area contributed by atoms with Crippen LogP contribution < -0.4 is 0 Å². The smallest absolute Gasteiger partial charge is 0.0111 e. The number of hydrogen-bond acceptors (Lipinski definition) is 0. The summed E-state index contributed by atoms with van der Waals surface area (Å²) in [5, 5.41) is 2.72. The normalized spacial score (nSPS) is 15.6. The monoisotopic (exact) mass is 208 g/mol. The van der Waals surface area contributed by atoms with Crippen molar-refractivity contribution >= 4 is 16.8 Å². The van der Waals surface area contributed by atoms with Crippen molar-refractivity contribution in [2.24, 2.45) is 0 Å². The molecule has 0 unspecified atom stereocenters. The summed E-state index contributed by atoms with van der Waals surface area (Å²) in [6.07, 6.45) is 7.73. The van der Waals surface area contributed by atoms with Gasteiger partial charge in [-0.25, -0.2) is 0 Å². The van der Waals surface area contributed by atoms with Gasteiger partial charge in [0.2, 0.25) is 0 Å². The third-order valence-electron chi connectivity index (χ3n) is 3.43. The molecule has 0 bridgehead atoms. The third kappa shape index (κ3) is 1.76. The van der Waals surface area contributed by atoms with Gasteiger partial charge >= 0.3 is 0 Å². The number of fused-ring (bicyclic) bond motifs is 1. The molecule has 1 aliphatic rings. The Morgan fingerprint density at radius 1 is 0.812 bits per heavy atom. The number of hydrogen-bond donors (Lipinski definition) is 0. The molecule has 1 aliphatic carbocycles. The van der Waals surface area contributed by atoms with Crippen molar-refractivity contribution in [1.82, 2.24) is 0 Å². The van der Waals surface area contributed by atoms with Crippen LogP contribution in [-0.4, -0.2) is 0 Å². The zero-order chi connectivity index (χ0) is 10.8. The molecule has 0 amide bonds. The Labute approximate surface area is 96.6 Å². The molecule has 80 valence electrons. The molecule has 0 nitrogen and oxygen atoms in total. The van der Waals surface area contributed by atoms with Gasteiger partial charge in [-0.05, 0) is 42.0 Å². The van der Waals surface area contributed by atoms with E-state index in [2.05, 4.69) is 48.5 Å². The summed E-state index contributed by atoms with van der Waals surface area (Å²) in [6, 6.07) is 15.2. The maximum atomic E-state index is 2.40. The lowest BCUT2D eigenvalue weighted by molar-refractivity contribution is 0.886. The molecule has 0 heteroatoms. The van der Waals surface area contributed by atoms with Crippen LogP contribution in [-0.2, 0) is 0 Å². The summed E-state index contributed by atoms with van der Waals surface area (Å²) < 4.78 is 0. The second-order valence-electron chi connectivity index (χ2n) is 4.58. The molecule has 0 heterocycles. The molecule has 1 fully saturated rings. The standard InChI is InChI=1S/C16H16/c1-2-7-13(6-1)12-15-10-5-9-14-8-3-4-11-16(14)15/h3-5,8-12H,1-2,6-7H2. The molecule has 16 heavy (non-hydrogen) atoms. The lowest BCUT2D eigenvalue weighted by Gasteiger charge is -2.03. The van der Waals surface area contributed by atoms with E-state index in [0.29, 0.717) is 0 Å². The summed E-state index contributed by atoms with van der Waals surface area (Å²) in [6.45, 7) is 0. The Morgan fingerprint density at radius 3 is 2.44 bits per heavy atom. The van der Waals surface area contributed by atoms with E-state index in [1.165, 1.54) is 42.0 Å². The average molecular weight is 208 g/mol. The van der Waals surface area contributed by atoms with Crippen molar-refractivity contribution in [2.75, 3.05) is 0 Å². The minimum Gasteiger partial charge on any atom is -0.0696 e. The largest absolute Gasteiger partial charge is 0.0696 e. The Bertz CT molecular complexity index is 521. The number of benzene rings is 2. The van der Waals surface area contributed by atoms with E-state index in [0.717, 1.165) is 0 Å². The topological polar surface area (TPSA) is 0 Å². The van der Waals surface area contributed by atoms with Gasteiger partial charge in [-0.2, -0.15) is 0 Å². The van der Waals surface area contributed by atoms with E-state index in [4.69, 9.17) is 0 Å². The lowest BCUT2D eigenvalue weighted by Crippen LogP contribution is -1.79. The molecule has 0 atom stereocenters. The first-order valence-corrected chi connectivity index (χ1v) is 6.11. The lowest BCUT2D eigenvalue weighted by atomic mass is 10.0. The van der Waals surface area contributed by atoms with Gasteiger partial charge in [0, 0.05) is 0 Å². The maximum Gasteiger partial charge on any atom is -0.0111 e. The highest BCUT2D eigenvalue weighted by Crippen LogP contribution is 2.28. The van der Waals surface area contributed by atoms with Crippen LogP contribution in [0.15, 0.2) is 48.0 Å². The summed E-state index contributed by atoms with van der Waals surface area (Å²) in [4.78, 5) is 0. The highest BCUT2D eigenvalue weighted by molar-refractivity contribution is 5.90. The molecule has 1 saturated carbocycles. The van der Waals surface area contributed by atoms with Crippen LogP contribution in [0.25, 0.3) is 16.8 Å². The van der Waals surface area contributed by atoms with Gasteiger partial charge in [0.15, 0.2) is 0 Å². The minimum absolute atomic E-state index is 1.29. The van der Waals surface area contributed by atoms with Crippen molar-refractivity contribution in [1.29, 1.82) is 0 Å². The van der Waals surface area contributed by atoms with E-state index in [-0.39, 0.29) is 0 Å². The molecule has 0 spiro atoms. The molecule has 0 aromatic heterocycles.